The molecule has 0 aromatic heterocycles. The largest absolute Gasteiger partial charge is 0.497 e. The van der Waals surface area contributed by atoms with E-state index in [1.54, 1.807) is 7.11 Å². The van der Waals surface area contributed by atoms with Crippen molar-refractivity contribution >= 4 is 0 Å². The molecule has 1 aromatic carbocycles. The van der Waals surface area contributed by atoms with E-state index >= 15 is 0 Å². The van der Waals surface area contributed by atoms with Crippen LogP contribution in [0.5, 0.6) is 5.75 Å². The Bertz CT molecular complexity index is 377. The first-order chi connectivity index (χ1) is 8.67. The van der Waals surface area contributed by atoms with E-state index in [1.807, 2.05) is 12.1 Å². The molecule has 0 spiro atoms. The first-order valence-corrected chi connectivity index (χ1v) is 6.60. The van der Waals surface area contributed by atoms with Gasteiger partial charge in [-0.05, 0) is 50.6 Å². The quantitative estimate of drug-likeness (QED) is 0.885. The fourth-order valence-electron chi connectivity index (χ4n) is 2.96. The number of methoxy groups -OCH3 is 1. The Balaban J connectivity index is 2.08. The molecule has 0 radical (unpaired) electrons. The van der Waals surface area contributed by atoms with Gasteiger partial charge in [0.2, 0.25) is 0 Å². The number of hydrogen-bond acceptors (Lipinski definition) is 3. The average Bonchev–Trinajstić information content (AvgIpc) is 2.39. The first kappa shape index (κ1) is 13.4. The second-order valence-corrected chi connectivity index (χ2v) is 5.52. The van der Waals surface area contributed by atoms with Crippen molar-refractivity contribution < 1.29 is 9.84 Å². The van der Waals surface area contributed by atoms with Gasteiger partial charge < -0.3 is 14.7 Å². The highest BCUT2D eigenvalue weighted by Crippen LogP contribution is 2.33. The van der Waals surface area contributed by atoms with Crippen LogP contribution in [0.15, 0.2) is 24.3 Å². The second kappa shape index (κ2) is 5.72. The lowest BCUT2D eigenvalue weighted by atomic mass is 9.76. The predicted octanol–water partition coefficient (Wildman–Crippen LogP) is 1.94. The van der Waals surface area contributed by atoms with Crippen LogP contribution >= 0.6 is 0 Å². The highest BCUT2D eigenvalue weighted by Gasteiger charge is 2.33. The number of aliphatic hydroxyl groups is 1. The molecule has 2 rings (SSSR count). The molecule has 1 aliphatic rings. The number of benzene rings is 1. The molecule has 0 bridgehead atoms. The Morgan fingerprint density at radius 1 is 1.33 bits per heavy atom. The van der Waals surface area contributed by atoms with Crippen molar-refractivity contribution in [3.8, 4) is 5.75 Å². The van der Waals surface area contributed by atoms with Gasteiger partial charge >= 0.3 is 0 Å². The van der Waals surface area contributed by atoms with Crippen LogP contribution in [-0.4, -0.2) is 43.9 Å². The summed E-state index contributed by atoms with van der Waals surface area (Å²) in [6.07, 6.45) is 3.23. The van der Waals surface area contributed by atoms with Crippen molar-refractivity contribution in [3.05, 3.63) is 29.8 Å². The lowest BCUT2D eigenvalue weighted by Gasteiger charge is -2.40. The van der Waals surface area contributed by atoms with E-state index in [1.165, 1.54) is 12.0 Å². The number of ether oxygens (including phenoxy) is 1. The molecule has 0 amide bonds. The summed E-state index contributed by atoms with van der Waals surface area (Å²) in [5.74, 6) is 0.887. The summed E-state index contributed by atoms with van der Waals surface area (Å²) in [5, 5.41) is 9.77. The number of hydrogen-bond donors (Lipinski definition) is 1. The molecule has 1 N–H and O–H groups in total. The van der Waals surface area contributed by atoms with Crippen LogP contribution in [0, 0.1) is 5.41 Å². The van der Waals surface area contributed by atoms with E-state index in [4.69, 9.17) is 4.74 Å². The summed E-state index contributed by atoms with van der Waals surface area (Å²) in [6.45, 7) is 2.39. The molecule has 1 heterocycles. The summed E-state index contributed by atoms with van der Waals surface area (Å²) >= 11 is 0. The molecule has 1 aromatic rings. The molecule has 0 aliphatic carbocycles. The molecule has 100 valence electrons. The van der Waals surface area contributed by atoms with Crippen LogP contribution in [0.4, 0.5) is 0 Å². The number of nitrogens with zero attached hydrogens (tertiary/aromatic N) is 1. The number of piperidine rings is 1. The third-order valence-corrected chi connectivity index (χ3v) is 3.93. The SMILES string of the molecule is COc1ccc(CC2(CO)CCCN(C)C2)cc1. The Hall–Kier alpha value is -1.06. The fourth-order valence-corrected chi connectivity index (χ4v) is 2.96. The standard InChI is InChI=1S/C15H23NO2/c1-16-9-3-8-15(11-16,12-17)10-13-4-6-14(18-2)7-5-13/h4-7,17H,3,8-12H2,1-2H3. The van der Waals surface area contributed by atoms with E-state index in [0.717, 1.165) is 31.7 Å². The Morgan fingerprint density at radius 3 is 2.61 bits per heavy atom. The fraction of sp³-hybridized carbons (Fsp3) is 0.600. The van der Waals surface area contributed by atoms with Crippen molar-refractivity contribution in [3.63, 3.8) is 0 Å². The maximum absolute atomic E-state index is 9.77. The molecular formula is C15H23NO2. The smallest absolute Gasteiger partial charge is 0.118 e. The number of likely N-dealkylation sites (tertiary alicyclic amines) is 1. The lowest BCUT2D eigenvalue weighted by Crippen LogP contribution is -2.44. The van der Waals surface area contributed by atoms with E-state index in [9.17, 15) is 5.11 Å². The normalized spacial score (nSPS) is 25.1. The summed E-state index contributed by atoms with van der Waals surface area (Å²) in [7, 11) is 3.82. The van der Waals surface area contributed by atoms with Crippen LogP contribution < -0.4 is 4.74 Å². The Morgan fingerprint density at radius 2 is 2.06 bits per heavy atom. The van der Waals surface area contributed by atoms with Gasteiger partial charge in [-0.2, -0.15) is 0 Å². The van der Waals surface area contributed by atoms with E-state index < -0.39 is 0 Å². The van der Waals surface area contributed by atoms with Gasteiger partial charge in [-0.3, -0.25) is 0 Å². The first-order valence-electron chi connectivity index (χ1n) is 6.60. The molecule has 1 atom stereocenters. The molecule has 1 saturated heterocycles. The van der Waals surface area contributed by atoms with Crippen LogP contribution in [0.1, 0.15) is 18.4 Å². The summed E-state index contributed by atoms with van der Waals surface area (Å²) in [5.41, 5.74) is 1.31. The zero-order chi connectivity index (χ0) is 13.0. The van der Waals surface area contributed by atoms with Gasteiger partial charge in [-0.15, -0.1) is 0 Å². The number of aliphatic hydroxyl groups excluding tert-OH is 1. The van der Waals surface area contributed by atoms with E-state index in [2.05, 4.69) is 24.1 Å². The van der Waals surface area contributed by atoms with Crippen LogP contribution in [0.25, 0.3) is 0 Å². The van der Waals surface area contributed by atoms with Crippen molar-refractivity contribution in [2.45, 2.75) is 19.3 Å². The minimum atomic E-state index is 0.0294. The maximum Gasteiger partial charge on any atom is 0.118 e. The molecule has 18 heavy (non-hydrogen) atoms. The zero-order valence-corrected chi connectivity index (χ0v) is 11.4. The summed E-state index contributed by atoms with van der Waals surface area (Å²) in [6, 6.07) is 8.19. The molecule has 3 nitrogen and oxygen atoms in total. The molecule has 1 fully saturated rings. The molecule has 0 saturated carbocycles. The minimum Gasteiger partial charge on any atom is -0.497 e. The minimum absolute atomic E-state index is 0.0294. The molecule has 1 unspecified atom stereocenters. The third-order valence-electron chi connectivity index (χ3n) is 3.93. The lowest BCUT2D eigenvalue weighted by molar-refractivity contribution is 0.0439. The van der Waals surface area contributed by atoms with Crippen LogP contribution in [-0.2, 0) is 6.42 Å². The van der Waals surface area contributed by atoms with Gasteiger partial charge in [-0.1, -0.05) is 12.1 Å². The molecule has 1 aliphatic heterocycles. The average molecular weight is 249 g/mol. The highest BCUT2D eigenvalue weighted by atomic mass is 16.5. The van der Waals surface area contributed by atoms with E-state index in [-0.39, 0.29) is 12.0 Å². The van der Waals surface area contributed by atoms with E-state index in [0.29, 0.717) is 0 Å². The van der Waals surface area contributed by atoms with Gasteiger partial charge in [0.15, 0.2) is 0 Å². The molecular weight excluding hydrogens is 226 g/mol. The highest BCUT2D eigenvalue weighted by molar-refractivity contribution is 5.28. The molecule has 3 heteroatoms. The topological polar surface area (TPSA) is 32.7 Å². The zero-order valence-electron chi connectivity index (χ0n) is 11.4. The van der Waals surface area contributed by atoms with Crippen molar-refractivity contribution in [1.29, 1.82) is 0 Å². The van der Waals surface area contributed by atoms with Gasteiger partial charge in [0.05, 0.1) is 13.7 Å². The predicted molar refractivity (Wildman–Crippen MR) is 72.9 cm³/mol. The van der Waals surface area contributed by atoms with Crippen molar-refractivity contribution in [1.82, 2.24) is 4.90 Å². The van der Waals surface area contributed by atoms with Gasteiger partial charge in [0.25, 0.3) is 0 Å². The Kier molecular flexibility index (Phi) is 4.25. The second-order valence-electron chi connectivity index (χ2n) is 5.52. The van der Waals surface area contributed by atoms with Crippen molar-refractivity contribution in [2.75, 3.05) is 33.9 Å². The van der Waals surface area contributed by atoms with Crippen LogP contribution in [0.2, 0.25) is 0 Å². The van der Waals surface area contributed by atoms with Crippen molar-refractivity contribution in [2.24, 2.45) is 5.41 Å². The third kappa shape index (κ3) is 3.03. The van der Waals surface area contributed by atoms with Gasteiger partial charge in [0.1, 0.15) is 5.75 Å². The Labute approximate surface area is 109 Å². The summed E-state index contributed by atoms with van der Waals surface area (Å²) in [4.78, 5) is 2.32. The number of rotatable bonds is 4. The maximum atomic E-state index is 9.77. The monoisotopic (exact) mass is 249 g/mol. The van der Waals surface area contributed by atoms with Gasteiger partial charge in [0, 0.05) is 12.0 Å². The summed E-state index contributed by atoms with van der Waals surface area (Å²) < 4.78 is 5.17. The van der Waals surface area contributed by atoms with Crippen LogP contribution in [0.3, 0.4) is 0 Å². The van der Waals surface area contributed by atoms with Gasteiger partial charge in [-0.25, -0.2) is 0 Å².